The quantitative estimate of drug-likeness (QED) is 0.786. The van der Waals surface area contributed by atoms with Crippen LogP contribution in [0.15, 0.2) is 0 Å². The van der Waals surface area contributed by atoms with Gasteiger partial charge in [-0.25, -0.2) is 8.78 Å². The maximum Gasteiger partial charge on any atom is 0.248 e. The normalized spacial score (nSPS) is 26.9. The molecule has 2 rings (SSSR count). The SMILES string of the molecule is O=C(NC1(CCl)CCCCC1)C1CCC(F)(F)CC1. The van der Waals surface area contributed by atoms with Crippen LogP contribution in [-0.4, -0.2) is 23.2 Å². The molecule has 2 saturated carbocycles. The summed E-state index contributed by atoms with van der Waals surface area (Å²) < 4.78 is 26.2. The Morgan fingerprint density at radius 3 is 2.21 bits per heavy atom. The predicted octanol–water partition coefficient (Wildman–Crippen LogP) is 3.87. The molecule has 0 unspecified atom stereocenters. The monoisotopic (exact) mass is 293 g/mol. The third-order valence-electron chi connectivity index (χ3n) is 4.54. The fourth-order valence-electron chi connectivity index (χ4n) is 3.19. The van der Waals surface area contributed by atoms with Crippen LogP contribution >= 0.6 is 11.6 Å². The summed E-state index contributed by atoms with van der Waals surface area (Å²) in [6, 6.07) is 0. The molecule has 0 aliphatic heterocycles. The molecule has 2 aliphatic carbocycles. The van der Waals surface area contributed by atoms with Gasteiger partial charge in [0.1, 0.15) is 0 Å². The number of rotatable bonds is 3. The minimum atomic E-state index is -2.58. The van der Waals surface area contributed by atoms with Crippen molar-refractivity contribution < 1.29 is 13.6 Å². The molecule has 1 N–H and O–H groups in total. The van der Waals surface area contributed by atoms with Gasteiger partial charge in [-0.1, -0.05) is 19.3 Å². The molecule has 110 valence electrons. The minimum Gasteiger partial charge on any atom is -0.349 e. The lowest BCUT2D eigenvalue weighted by Gasteiger charge is -2.38. The van der Waals surface area contributed by atoms with Crippen molar-refractivity contribution in [1.82, 2.24) is 5.32 Å². The van der Waals surface area contributed by atoms with E-state index >= 15 is 0 Å². The second-order valence-corrected chi connectivity index (χ2v) is 6.36. The number of halogens is 3. The molecule has 0 aromatic rings. The Labute approximate surface area is 118 Å². The molecule has 2 aliphatic rings. The summed E-state index contributed by atoms with van der Waals surface area (Å²) in [6.07, 6.45) is 5.40. The molecule has 0 radical (unpaired) electrons. The summed E-state index contributed by atoms with van der Waals surface area (Å²) in [4.78, 5) is 12.2. The summed E-state index contributed by atoms with van der Waals surface area (Å²) >= 11 is 6.03. The standard InChI is InChI=1S/C14H22ClF2NO/c15-10-13(6-2-1-3-7-13)18-12(19)11-4-8-14(16,17)9-5-11/h11H,1-10H2,(H,18,19). The molecule has 2 fully saturated rings. The third-order valence-corrected chi connectivity index (χ3v) is 5.05. The number of alkyl halides is 3. The Morgan fingerprint density at radius 2 is 1.68 bits per heavy atom. The van der Waals surface area contributed by atoms with E-state index in [1.54, 1.807) is 0 Å². The van der Waals surface area contributed by atoms with Gasteiger partial charge in [0.15, 0.2) is 0 Å². The van der Waals surface area contributed by atoms with E-state index < -0.39 is 5.92 Å². The largest absolute Gasteiger partial charge is 0.349 e. The van der Waals surface area contributed by atoms with Crippen LogP contribution in [0.4, 0.5) is 8.78 Å². The van der Waals surface area contributed by atoms with E-state index in [1.165, 1.54) is 6.42 Å². The summed E-state index contributed by atoms with van der Waals surface area (Å²) in [5.41, 5.74) is -0.295. The molecule has 2 nitrogen and oxygen atoms in total. The minimum absolute atomic E-state index is 0.0712. The molecule has 19 heavy (non-hydrogen) atoms. The van der Waals surface area contributed by atoms with Crippen molar-refractivity contribution in [3.05, 3.63) is 0 Å². The summed E-state index contributed by atoms with van der Waals surface area (Å²) in [7, 11) is 0. The summed E-state index contributed by atoms with van der Waals surface area (Å²) in [5, 5.41) is 3.06. The van der Waals surface area contributed by atoms with E-state index in [1.807, 2.05) is 0 Å². The fraction of sp³-hybridized carbons (Fsp3) is 0.929. The zero-order valence-electron chi connectivity index (χ0n) is 11.2. The smallest absolute Gasteiger partial charge is 0.248 e. The van der Waals surface area contributed by atoms with Crippen LogP contribution < -0.4 is 5.32 Å². The lowest BCUT2D eigenvalue weighted by molar-refractivity contribution is -0.131. The van der Waals surface area contributed by atoms with Gasteiger partial charge in [0.2, 0.25) is 11.8 Å². The molecule has 5 heteroatoms. The maximum atomic E-state index is 13.1. The number of hydrogen-bond acceptors (Lipinski definition) is 1. The van der Waals surface area contributed by atoms with Gasteiger partial charge >= 0.3 is 0 Å². The van der Waals surface area contributed by atoms with Crippen molar-refractivity contribution in [2.24, 2.45) is 5.92 Å². The highest BCUT2D eigenvalue weighted by atomic mass is 35.5. The van der Waals surface area contributed by atoms with Gasteiger partial charge in [-0.15, -0.1) is 11.6 Å². The van der Waals surface area contributed by atoms with E-state index in [0.717, 1.165) is 25.7 Å². The van der Waals surface area contributed by atoms with Gasteiger partial charge in [-0.2, -0.15) is 0 Å². The van der Waals surface area contributed by atoms with Gasteiger partial charge in [-0.3, -0.25) is 4.79 Å². The Hall–Kier alpha value is -0.380. The Morgan fingerprint density at radius 1 is 1.11 bits per heavy atom. The highest BCUT2D eigenvalue weighted by Crippen LogP contribution is 2.37. The van der Waals surface area contributed by atoms with Crippen LogP contribution in [0, 0.1) is 5.92 Å². The molecular weight excluding hydrogens is 272 g/mol. The molecule has 0 saturated heterocycles. The molecule has 0 atom stereocenters. The molecule has 0 spiro atoms. The summed E-state index contributed by atoms with van der Waals surface area (Å²) in [6.45, 7) is 0. The van der Waals surface area contributed by atoms with Crippen LogP contribution in [-0.2, 0) is 4.79 Å². The summed E-state index contributed by atoms with van der Waals surface area (Å²) in [5.74, 6) is -2.49. The van der Waals surface area contributed by atoms with E-state index in [2.05, 4.69) is 5.32 Å². The highest BCUT2D eigenvalue weighted by molar-refractivity contribution is 6.18. The Kier molecular flexibility index (Phi) is 4.70. The topological polar surface area (TPSA) is 29.1 Å². The third kappa shape index (κ3) is 3.80. The number of nitrogens with one attached hydrogen (secondary N) is 1. The number of carbonyl (C=O) groups is 1. The van der Waals surface area contributed by atoms with Crippen molar-refractivity contribution in [3.8, 4) is 0 Å². The van der Waals surface area contributed by atoms with Crippen LogP contribution in [0.3, 0.4) is 0 Å². The number of carbonyl (C=O) groups excluding carboxylic acids is 1. The molecule has 0 aromatic heterocycles. The number of amides is 1. The second kappa shape index (κ2) is 5.94. The van der Waals surface area contributed by atoms with Crippen LogP contribution in [0.25, 0.3) is 0 Å². The predicted molar refractivity (Wildman–Crippen MR) is 71.6 cm³/mol. The van der Waals surface area contributed by atoms with Gasteiger partial charge in [-0.05, 0) is 25.7 Å². The van der Waals surface area contributed by atoms with Gasteiger partial charge in [0.05, 0.1) is 5.54 Å². The van der Waals surface area contributed by atoms with Crippen LogP contribution in [0.2, 0.25) is 0 Å². The lowest BCUT2D eigenvalue weighted by Crippen LogP contribution is -2.53. The first-order chi connectivity index (χ1) is 8.96. The van der Waals surface area contributed by atoms with Crippen LogP contribution in [0.5, 0.6) is 0 Å². The zero-order chi connectivity index (χ0) is 13.9. The fourth-order valence-corrected chi connectivity index (χ4v) is 3.52. The van der Waals surface area contributed by atoms with Crippen molar-refractivity contribution >= 4 is 17.5 Å². The van der Waals surface area contributed by atoms with E-state index in [4.69, 9.17) is 11.6 Å². The van der Waals surface area contributed by atoms with Gasteiger partial charge in [0.25, 0.3) is 0 Å². The zero-order valence-corrected chi connectivity index (χ0v) is 11.9. The highest BCUT2D eigenvalue weighted by Gasteiger charge is 2.40. The first kappa shape index (κ1) is 15.0. The maximum absolute atomic E-state index is 13.1. The van der Waals surface area contributed by atoms with Crippen molar-refractivity contribution in [2.45, 2.75) is 69.2 Å². The first-order valence-electron chi connectivity index (χ1n) is 7.22. The van der Waals surface area contributed by atoms with E-state index in [0.29, 0.717) is 5.88 Å². The lowest BCUT2D eigenvalue weighted by atomic mass is 9.81. The Balaban J connectivity index is 1.89. The van der Waals surface area contributed by atoms with E-state index in [9.17, 15) is 13.6 Å². The second-order valence-electron chi connectivity index (χ2n) is 6.09. The van der Waals surface area contributed by atoms with Gasteiger partial charge < -0.3 is 5.32 Å². The van der Waals surface area contributed by atoms with E-state index in [-0.39, 0.29) is 43.0 Å². The van der Waals surface area contributed by atoms with Crippen molar-refractivity contribution in [2.75, 3.05) is 5.88 Å². The molecule has 0 heterocycles. The van der Waals surface area contributed by atoms with Crippen LogP contribution in [0.1, 0.15) is 57.8 Å². The molecule has 1 amide bonds. The first-order valence-corrected chi connectivity index (χ1v) is 7.76. The average molecular weight is 294 g/mol. The average Bonchev–Trinajstić information content (AvgIpc) is 2.39. The number of hydrogen-bond donors (Lipinski definition) is 1. The van der Waals surface area contributed by atoms with Crippen molar-refractivity contribution in [1.29, 1.82) is 0 Å². The van der Waals surface area contributed by atoms with Gasteiger partial charge in [0, 0.05) is 24.6 Å². The Bertz CT molecular complexity index is 319. The molecule has 0 aromatic carbocycles. The van der Waals surface area contributed by atoms with Crippen molar-refractivity contribution in [3.63, 3.8) is 0 Å². The molecule has 0 bridgehead atoms. The molecular formula is C14H22ClF2NO.